The topological polar surface area (TPSA) is 71.3 Å². The summed E-state index contributed by atoms with van der Waals surface area (Å²) in [5.74, 6) is 1.81. The molecule has 2 amide bonds. The van der Waals surface area contributed by atoms with Gasteiger partial charge in [-0.3, -0.25) is 14.3 Å². The SMILES string of the molecule is O=C(CCCn1cncn1)N1CCC(CCC(=O)N2CCC(Cc3ccccc3)CC2)CC1. The van der Waals surface area contributed by atoms with Crippen LogP contribution < -0.4 is 0 Å². The first-order valence-electron chi connectivity index (χ1n) is 12.6. The van der Waals surface area contributed by atoms with Gasteiger partial charge in [-0.05, 0) is 62.3 Å². The Hall–Kier alpha value is -2.70. The van der Waals surface area contributed by atoms with Crippen LogP contribution in [0.2, 0.25) is 0 Å². The highest BCUT2D eigenvalue weighted by molar-refractivity contribution is 5.76. The minimum absolute atomic E-state index is 0.239. The number of nitrogens with zero attached hydrogens (tertiary/aromatic N) is 5. The lowest BCUT2D eigenvalue weighted by Crippen LogP contribution is -2.40. The summed E-state index contributed by atoms with van der Waals surface area (Å²) in [6, 6.07) is 10.7. The zero-order valence-corrected chi connectivity index (χ0v) is 19.6. The van der Waals surface area contributed by atoms with Gasteiger partial charge < -0.3 is 9.80 Å². The molecule has 2 saturated heterocycles. The minimum Gasteiger partial charge on any atom is -0.343 e. The molecule has 2 fully saturated rings. The Morgan fingerprint density at radius 1 is 0.848 bits per heavy atom. The fourth-order valence-electron chi connectivity index (χ4n) is 5.19. The fraction of sp³-hybridized carbons (Fsp3) is 0.615. The van der Waals surface area contributed by atoms with Crippen molar-refractivity contribution in [3.63, 3.8) is 0 Å². The molecular formula is C26H37N5O2. The molecule has 0 radical (unpaired) electrons. The first-order valence-corrected chi connectivity index (χ1v) is 12.6. The molecule has 1 aromatic heterocycles. The predicted octanol–water partition coefficient (Wildman–Crippen LogP) is 3.56. The molecule has 0 spiro atoms. The van der Waals surface area contributed by atoms with Gasteiger partial charge in [0.15, 0.2) is 0 Å². The second-order valence-electron chi connectivity index (χ2n) is 9.64. The van der Waals surface area contributed by atoms with Gasteiger partial charge >= 0.3 is 0 Å². The maximum absolute atomic E-state index is 12.7. The Morgan fingerprint density at radius 3 is 2.12 bits per heavy atom. The van der Waals surface area contributed by atoms with Crippen LogP contribution in [0.3, 0.4) is 0 Å². The molecule has 0 unspecified atom stereocenters. The Bertz CT molecular complexity index is 854. The number of carbonyl (C=O) groups is 2. The third-order valence-corrected chi connectivity index (χ3v) is 7.31. The molecule has 7 heteroatoms. The lowest BCUT2D eigenvalue weighted by atomic mass is 9.89. The number of aryl methyl sites for hydroxylation is 1. The highest BCUT2D eigenvalue weighted by Gasteiger charge is 2.26. The third-order valence-electron chi connectivity index (χ3n) is 7.31. The summed E-state index contributed by atoms with van der Waals surface area (Å²) in [7, 11) is 0. The number of piperidine rings is 2. The number of likely N-dealkylation sites (tertiary alicyclic amines) is 2. The van der Waals surface area contributed by atoms with E-state index in [4.69, 9.17) is 0 Å². The Balaban J connectivity index is 1.08. The normalized spacial score (nSPS) is 17.9. The highest BCUT2D eigenvalue weighted by atomic mass is 16.2. The van der Waals surface area contributed by atoms with E-state index < -0.39 is 0 Å². The molecule has 1 aromatic carbocycles. The number of rotatable bonds is 9. The van der Waals surface area contributed by atoms with E-state index in [1.165, 1.54) is 11.9 Å². The van der Waals surface area contributed by atoms with Gasteiger partial charge in [0.1, 0.15) is 12.7 Å². The third kappa shape index (κ3) is 7.14. The van der Waals surface area contributed by atoms with Crippen molar-refractivity contribution in [2.75, 3.05) is 26.2 Å². The zero-order valence-electron chi connectivity index (χ0n) is 19.6. The van der Waals surface area contributed by atoms with Gasteiger partial charge in [0.2, 0.25) is 11.8 Å². The van der Waals surface area contributed by atoms with E-state index in [0.717, 1.165) is 77.7 Å². The van der Waals surface area contributed by atoms with Crippen molar-refractivity contribution in [2.24, 2.45) is 11.8 Å². The fourth-order valence-corrected chi connectivity index (χ4v) is 5.19. The molecule has 2 aromatic rings. The summed E-state index contributed by atoms with van der Waals surface area (Å²) in [6.45, 7) is 4.18. The van der Waals surface area contributed by atoms with Crippen LogP contribution in [0.4, 0.5) is 0 Å². The standard InChI is InChI=1S/C26H37N5O2/c32-25(7-4-14-31-21-27-20-28-31)29-15-10-22(11-16-29)8-9-26(33)30-17-12-24(13-18-30)19-23-5-2-1-3-6-23/h1-3,5-6,20-22,24H,4,7-19H2. The molecule has 2 aliphatic heterocycles. The summed E-state index contributed by atoms with van der Waals surface area (Å²) in [5.41, 5.74) is 1.40. The minimum atomic E-state index is 0.239. The van der Waals surface area contributed by atoms with E-state index in [-0.39, 0.29) is 5.91 Å². The summed E-state index contributed by atoms with van der Waals surface area (Å²) in [5, 5.41) is 4.07. The second-order valence-corrected chi connectivity index (χ2v) is 9.64. The highest BCUT2D eigenvalue weighted by Crippen LogP contribution is 2.25. The van der Waals surface area contributed by atoms with Crippen LogP contribution in [0, 0.1) is 11.8 Å². The van der Waals surface area contributed by atoms with Crippen molar-refractivity contribution in [3.8, 4) is 0 Å². The van der Waals surface area contributed by atoms with Crippen LogP contribution in [0.1, 0.15) is 56.9 Å². The monoisotopic (exact) mass is 451 g/mol. The van der Waals surface area contributed by atoms with Crippen LogP contribution in [0.15, 0.2) is 43.0 Å². The predicted molar refractivity (Wildman–Crippen MR) is 127 cm³/mol. The van der Waals surface area contributed by atoms with E-state index in [1.807, 2.05) is 4.90 Å². The molecule has 0 bridgehead atoms. The first-order chi connectivity index (χ1) is 16.2. The van der Waals surface area contributed by atoms with Crippen molar-refractivity contribution in [3.05, 3.63) is 48.5 Å². The lowest BCUT2D eigenvalue weighted by molar-refractivity contribution is -0.134. The number of benzene rings is 1. The summed E-state index contributed by atoms with van der Waals surface area (Å²) >= 11 is 0. The van der Waals surface area contributed by atoms with Gasteiger partial charge in [0.05, 0.1) is 0 Å². The van der Waals surface area contributed by atoms with Crippen LogP contribution in [0.5, 0.6) is 0 Å². The van der Waals surface area contributed by atoms with Gasteiger partial charge in [0, 0.05) is 45.6 Å². The average Bonchev–Trinajstić information content (AvgIpc) is 3.37. The molecule has 0 aliphatic carbocycles. The van der Waals surface area contributed by atoms with Gasteiger partial charge in [-0.25, -0.2) is 4.98 Å². The summed E-state index contributed by atoms with van der Waals surface area (Å²) in [6.07, 6.45) is 11.5. The Kier molecular flexibility index (Phi) is 8.50. The van der Waals surface area contributed by atoms with Gasteiger partial charge in [0.25, 0.3) is 0 Å². The largest absolute Gasteiger partial charge is 0.343 e. The molecule has 4 rings (SSSR count). The van der Waals surface area contributed by atoms with Crippen LogP contribution in [0.25, 0.3) is 0 Å². The molecule has 0 N–H and O–H groups in total. The average molecular weight is 452 g/mol. The maximum Gasteiger partial charge on any atom is 0.222 e. The van der Waals surface area contributed by atoms with E-state index in [2.05, 4.69) is 45.3 Å². The van der Waals surface area contributed by atoms with Gasteiger partial charge in [-0.1, -0.05) is 30.3 Å². The molecule has 0 atom stereocenters. The molecule has 3 heterocycles. The van der Waals surface area contributed by atoms with Crippen molar-refractivity contribution in [2.45, 2.75) is 64.3 Å². The van der Waals surface area contributed by atoms with E-state index in [9.17, 15) is 9.59 Å². The summed E-state index contributed by atoms with van der Waals surface area (Å²) in [4.78, 5) is 33.2. The van der Waals surface area contributed by atoms with Crippen molar-refractivity contribution in [1.82, 2.24) is 24.6 Å². The van der Waals surface area contributed by atoms with Gasteiger partial charge in [-0.15, -0.1) is 0 Å². The molecule has 2 aliphatic rings. The van der Waals surface area contributed by atoms with Crippen molar-refractivity contribution < 1.29 is 9.59 Å². The number of aromatic nitrogens is 3. The van der Waals surface area contributed by atoms with Crippen molar-refractivity contribution in [1.29, 1.82) is 0 Å². The molecule has 178 valence electrons. The maximum atomic E-state index is 12.7. The van der Waals surface area contributed by atoms with Crippen LogP contribution in [-0.2, 0) is 22.6 Å². The number of hydrogen-bond donors (Lipinski definition) is 0. The smallest absolute Gasteiger partial charge is 0.222 e. The van der Waals surface area contributed by atoms with Crippen LogP contribution >= 0.6 is 0 Å². The summed E-state index contributed by atoms with van der Waals surface area (Å²) < 4.78 is 1.77. The van der Waals surface area contributed by atoms with Gasteiger partial charge in [-0.2, -0.15) is 5.10 Å². The molecular weight excluding hydrogens is 414 g/mol. The van der Waals surface area contributed by atoms with Crippen molar-refractivity contribution >= 4 is 11.8 Å². The second kappa shape index (κ2) is 12.0. The lowest BCUT2D eigenvalue weighted by Gasteiger charge is -2.34. The Morgan fingerprint density at radius 2 is 1.48 bits per heavy atom. The van der Waals surface area contributed by atoms with E-state index in [0.29, 0.717) is 30.6 Å². The number of hydrogen-bond acceptors (Lipinski definition) is 4. The molecule has 7 nitrogen and oxygen atoms in total. The van der Waals surface area contributed by atoms with E-state index in [1.54, 1.807) is 11.0 Å². The molecule has 33 heavy (non-hydrogen) atoms. The quantitative estimate of drug-likeness (QED) is 0.584. The molecule has 0 saturated carbocycles. The van der Waals surface area contributed by atoms with E-state index >= 15 is 0 Å². The zero-order chi connectivity index (χ0) is 22.9. The number of carbonyl (C=O) groups excluding carboxylic acids is 2. The Labute approximate surface area is 197 Å². The van der Waals surface area contributed by atoms with Crippen LogP contribution in [-0.4, -0.2) is 62.6 Å². The number of amides is 2. The first kappa shape index (κ1) is 23.5.